The highest BCUT2D eigenvalue weighted by atomic mass is 32.1. The van der Waals surface area contributed by atoms with Gasteiger partial charge in [-0.25, -0.2) is 13.2 Å². The number of hydrazone groups is 1. The van der Waals surface area contributed by atoms with Crippen LogP contribution < -0.4 is 16.1 Å². The first-order valence-corrected chi connectivity index (χ1v) is 9.99. The Bertz CT molecular complexity index is 1020. The summed E-state index contributed by atoms with van der Waals surface area (Å²) in [5.41, 5.74) is 7.51. The van der Waals surface area contributed by atoms with Gasteiger partial charge < -0.3 is 15.5 Å². The fraction of sp³-hybridized carbons (Fsp3) is 0.286. The lowest BCUT2D eigenvalue weighted by atomic mass is 10.0. The van der Waals surface area contributed by atoms with Crippen molar-refractivity contribution in [2.24, 2.45) is 10.8 Å². The van der Waals surface area contributed by atoms with Crippen molar-refractivity contribution in [1.82, 2.24) is 10.3 Å². The summed E-state index contributed by atoms with van der Waals surface area (Å²) in [6.07, 6.45) is 1.08. The van der Waals surface area contributed by atoms with Crippen LogP contribution in [-0.2, 0) is 0 Å². The SMILES string of the molecule is C[C@@H]1CN(c2cc(F)c(C=NNC(N)=S)cc2F)C[C@H](C)N1C(=O)c1ccccc1F. The Morgan fingerprint density at radius 2 is 1.77 bits per heavy atom. The lowest BCUT2D eigenvalue weighted by molar-refractivity contribution is 0.0569. The maximum absolute atomic E-state index is 14.8. The second-order valence-electron chi connectivity index (χ2n) is 7.35. The summed E-state index contributed by atoms with van der Waals surface area (Å²) in [6, 6.07) is 7.20. The number of hydrogen-bond acceptors (Lipinski definition) is 4. The van der Waals surface area contributed by atoms with E-state index in [1.165, 1.54) is 18.2 Å². The van der Waals surface area contributed by atoms with Crippen molar-refractivity contribution in [3.8, 4) is 0 Å². The molecule has 164 valence electrons. The maximum atomic E-state index is 14.8. The molecule has 2 aromatic carbocycles. The van der Waals surface area contributed by atoms with Crippen LogP contribution >= 0.6 is 12.2 Å². The Kier molecular flexibility index (Phi) is 6.79. The Morgan fingerprint density at radius 3 is 2.39 bits per heavy atom. The minimum absolute atomic E-state index is 0.0129. The van der Waals surface area contributed by atoms with E-state index in [9.17, 15) is 18.0 Å². The summed E-state index contributed by atoms with van der Waals surface area (Å²) in [4.78, 5) is 16.1. The van der Waals surface area contributed by atoms with Gasteiger partial charge in [0.05, 0.1) is 17.5 Å². The number of thiocarbonyl (C=S) groups is 1. The molecule has 1 heterocycles. The second kappa shape index (κ2) is 9.34. The van der Waals surface area contributed by atoms with Crippen molar-refractivity contribution in [1.29, 1.82) is 0 Å². The molecule has 1 saturated heterocycles. The monoisotopic (exact) mass is 449 g/mol. The lowest BCUT2D eigenvalue weighted by Gasteiger charge is -2.45. The molecular weight excluding hydrogens is 427 g/mol. The topological polar surface area (TPSA) is 74.0 Å². The van der Waals surface area contributed by atoms with Crippen LogP contribution in [0.4, 0.5) is 18.9 Å². The van der Waals surface area contributed by atoms with E-state index >= 15 is 0 Å². The molecule has 1 aliphatic rings. The molecule has 3 rings (SSSR count). The Labute approximate surface area is 183 Å². The molecule has 10 heteroatoms. The number of carbonyl (C=O) groups excluding carboxylic acids is 1. The quantitative estimate of drug-likeness (QED) is 0.427. The molecule has 2 atom stereocenters. The third kappa shape index (κ3) is 4.96. The Balaban J connectivity index is 1.80. The Hall–Kier alpha value is -3.14. The first-order valence-electron chi connectivity index (χ1n) is 9.58. The second-order valence-corrected chi connectivity index (χ2v) is 7.79. The highest BCUT2D eigenvalue weighted by molar-refractivity contribution is 7.80. The van der Waals surface area contributed by atoms with Crippen molar-refractivity contribution in [2.45, 2.75) is 25.9 Å². The third-order valence-corrected chi connectivity index (χ3v) is 5.13. The molecule has 0 bridgehead atoms. The van der Waals surface area contributed by atoms with Crippen LogP contribution in [0.5, 0.6) is 0 Å². The van der Waals surface area contributed by atoms with Crippen LogP contribution in [0.1, 0.15) is 29.8 Å². The standard InChI is InChI=1S/C21H22F3N5OS/c1-12-10-28(11-13(2)29(12)20(30)15-5-3-4-6-16(15)22)19-8-17(23)14(7-18(19)24)9-26-27-21(25)31/h3-9,12-13H,10-11H2,1-2H3,(H3,25,27,31)/t12-,13+. The summed E-state index contributed by atoms with van der Waals surface area (Å²) < 4.78 is 43.3. The number of anilines is 1. The number of nitrogens with two attached hydrogens (primary N) is 1. The number of rotatable bonds is 4. The number of amides is 1. The highest BCUT2D eigenvalue weighted by Gasteiger charge is 2.35. The van der Waals surface area contributed by atoms with E-state index in [0.717, 1.165) is 18.3 Å². The number of halogens is 3. The maximum Gasteiger partial charge on any atom is 0.257 e. The molecule has 0 radical (unpaired) electrons. The van der Waals surface area contributed by atoms with Gasteiger partial charge in [-0.2, -0.15) is 5.10 Å². The molecule has 6 nitrogen and oxygen atoms in total. The van der Waals surface area contributed by atoms with E-state index in [2.05, 4.69) is 22.7 Å². The van der Waals surface area contributed by atoms with E-state index in [0.29, 0.717) is 0 Å². The van der Waals surface area contributed by atoms with Gasteiger partial charge in [-0.15, -0.1) is 0 Å². The first-order chi connectivity index (χ1) is 14.7. The average Bonchev–Trinajstić information content (AvgIpc) is 2.69. The van der Waals surface area contributed by atoms with Gasteiger partial charge in [-0.05, 0) is 44.3 Å². The predicted molar refractivity (Wildman–Crippen MR) is 118 cm³/mol. The van der Waals surface area contributed by atoms with Crippen LogP contribution in [0.25, 0.3) is 0 Å². The summed E-state index contributed by atoms with van der Waals surface area (Å²) >= 11 is 4.59. The van der Waals surface area contributed by atoms with Crippen molar-refractivity contribution in [3.05, 3.63) is 65.0 Å². The van der Waals surface area contributed by atoms with Crippen LogP contribution in [-0.4, -0.2) is 47.3 Å². The zero-order valence-corrected chi connectivity index (χ0v) is 17.8. The number of nitrogens with zero attached hydrogens (tertiary/aromatic N) is 3. The van der Waals surface area contributed by atoms with Gasteiger partial charge in [0.1, 0.15) is 17.5 Å². The van der Waals surface area contributed by atoms with Crippen LogP contribution in [0.3, 0.4) is 0 Å². The van der Waals surface area contributed by atoms with Gasteiger partial charge in [-0.1, -0.05) is 12.1 Å². The number of hydrogen-bond donors (Lipinski definition) is 2. The summed E-state index contributed by atoms with van der Waals surface area (Å²) in [6.45, 7) is 4.10. The first kappa shape index (κ1) is 22.5. The summed E-state index contributed by atoms with van der Waals surface area (Å²) in [5, 5.41) is 3.54. The van der Waals surface area contributed by atoms with Gasteiger partial charge in [-0.3, -0.25) is 10.2 Å². The van der Waals surface area contributed by atoms with E-state index < -0.39 is 23.4 Å². The molecule has 0 saturated carbocycles. The van der Waals surface area contributed by atoms with Gasteiger partial charge in [0.25, 0.3) is 5.91 Å². The fourth-order valence-electron chi connectivity index (χ4n) is 3.75. The van der Waals surface area contributed by atoms with Crippen LogP contribution in [0.2, 0.25) is 0 Å². The molecule has 31 heavy (non-hydrogen) atoms. The molecule has 1 amide bonds. The zero-order valence-electron chi connectivity index (χ0n) is 17.0. The molecule has 0 spiro atoms. The largest absolute Gasteiger partial charge is 0.375 e. The predicted octanol–water partition coefficient (Wildman–Crippen LogP) is 3.01. The van der Waals surface area contributed by atoms with Gasteiger partial charge in [0, 0.05) is 36.8 Å². The van der Waals surface area contributed by atoms with Crippen molar-refractivity contribution >= 4 is 35.1 Å². The fourth-order valence-corrected chi connectivity index (χ4v) is 3.80. The lowest BCUT2D eigenvalue weighted by Crippen LogP contribution is -2.59. The average molecular weight is 450 g/mol. The van der Waals surface area contributed by atoms with Gasteiger partial charge in [0.15, 0.2) is 5.11 Å². The van der Waals surface area contributed by atoms with Crippen molar-refractivity contribution in [2.75, 3.05) is 18.0 Å². The summed E-state index contributed by atoms with van der Waals surface area (Å²) in [7, 11) is 0. The van der Waals surface area contributed by atoms with Crippen LogP contribution in [0, 0.1) is 17.5 Å². The molecule has 3 N–H and O–H groups in total. The molecule has 0 aromatic heterocycles. The number of benzene rings is 2. The van der Waals surface area contributed by atoms with E-state index in [1.807, 2.05) is 0 Å². The van der Waals surface area contributed by atoms with Gasteiger partial charge in [0.2, 0.25) is 0 Å². The van der Waals surface area contributed by atoms with Crippen molar-refractivity contribution < 1.29 is 18.0 Å². The molecule has 1 aliphatic heterocycles. The number of piperazine rings is 1. The molecular formula is C21H22F3N5OS. The van der Waals surface area contributed by atoms with Crippen LogP contribution in [0.15, 0.2) is 41.5 Å². The van der Waals surface area contributed by atoms with Gasteiger partial charge >= 0.3 is 0 Å². The molecule has 0 aliphatic carbocycles. The smallest absolute Gasteiger partial charge is 0.257 e. The normalized spacial score (nSPS) is 19.0. The molecule has 2 aromatic rings. The van der Waals surface area contributed by atoms with E-state index in [-0.39, 0.29) is 47.1 Å². The number of nitrogens with one attached hydrogen (secondary N) is 1. The Morgan fingerprint density at radius 1 is 1.13 bits per heavy atom. The minimum atomic E-state index is -0.671. The zero-order chi connectivity index (χ0) is 22.7. The van der Waals surface area contributed by atoms with E-state index in [4.69, 9.17) is 5.73 Å². The van der Waals surface area contributed by atoms with E-state index in [1.54, 1.807) is 29.7 Å². The molecule has 0 unspecified atom stereocenters. The number of carbonyl (C=O) groups is 1. The van der Waals surface area contributed by atoms with Crippen molar-refractivity contribution in [3.63, 3.8) is 0 Å². The molecule has 1 fully saturated rings. The highest BCUT2D eigenvalue weighted by Crippen LogP contribution is 2.28. The third-order valence-electron chi connectivity index (χ3n) is 5.04. The summed E-state index contributed by atoms with van der Waals surface area (Å²) in [5.74, 6) is -2.33. The minimum Gasteiger partial charge on any atom is -0.375 e.